The van der Waals surface area contributed by atoms with Gasteiger partial charge in [0.05, 0.1) is 0 Å². The van der Waals surface area contributed by atoms with Gasteiger partial charge in [-0.15, -0.1) is 0 Å². The highest BCUT2D eigenvalue weighted by atomic mass is 16.2. The van der Waals surface area contributed by atoms with Crippen LogP contribution in [0.2, 0.25) is 0 Å². The molecule has 0 aromatic carbocycles. The van der Waals surface area contributed by atoms with Crippen LogP contribution in [-0.2, 0) is 22.6 Å². The first kappa shape index (κ1) is 15.4. The van der Waals surface area contributed by atoms with Gasteiger partial charge in [0.25, 0.3) is 5.56 Å². The van der Waals surface area contributed by atoms with Crippen LogP contribution in [0.1, 0.15) is 49.5 Å². The van der Waals surface area contributed by atoms with Crippen LogP contribution < -0.4 is 10.9 Å². The van der Waals surface area contributed by atoms with Crippen molar-refractivity contribution in [3.63, 3.8) is 0 Å². The van der Waals surface area contributed by atoms with E-state index >= 15 is 0 Å². The lowest BCUT2D eigenvalue weighted by Crippen LogP contribution is -2.48. The first-order chi connectivity index (χ1) is 11.6. The van der Waals surface area contributed by atoms with Gasteiger partial charge < -0.3 is 14.8 Å². The summed E-state index contributed by atoms with van der Waals surface area (Å²) in [5.74, 6) is 1.03. The third-order valence-electron chi connectivity index (χ3n) is 5.36. The normalized spacial score (nSPS) is 26.3. The number of likely N-dealkylation sites (tertiary alicyclic amines) is 1. The van der Waals surface area contributed by atoms with Crippen molar-refractivity contribution >= 4 is 11.8 Å². The molecule has 128 valence electrons. The predicted octanol–water partition coefficient (Wildman–Crippen LogP) is 0.174. The summed E-state index contributed by atoms with van der Waals surface area (Å²) in [6, 6.07) is 1.27. The zero-order chi connectivity index (χ0) is 16.7. The Morgan fingerprint density at radius 1 is 1.17 bits per heavy atom. The first-order valence-electron chi connectivity index (χ1n) is 8.80. The maximum absolute atomic E-state index is 12.7. The van der Waals surface area contributed by atoms with E-state index in [4.69, 9.17) is 0 Å². The molecule has 1 N–H and O–H groups in total. The third kappa shape index (κ3) is 2.72. The van der Waals surface area contributed by atoms with E-state index in [1.54, 1.807) is 6.07 Å². The topological polar surface area (TPSA) is 84.3 Å². The zero-order valence-corrected chi connectivity index (χ0v) is 13.7. The van der Waals surface area contributed by atoms with Gasteiger partial charge in [0.2, 0.25) is 11.8 Å². The fourth-order valence-electron chi connectivity index (χ4n) is 4.19. The minimum Gasteiger partial charge on any atom is -0.344 e. The van der Waals surface area contributed by atoms with Crippen molar-refractivity contribution in [2.75, 3.05) is 13.1 Å². The number of rotatable bonds is 2. The molecule has 0 radical (unpaired) electrons. The molecule has 3 aliphatic rings. The summed E-state index contributed by atoms with van der Waals surface area (Å²) in [5.41, 5.74) is 0.847. The van der Waals surface area contributed by atoms with E-state index in [1.165, 1.54) is 0 Å². The largest absolute Gasteiger partial charge is 0.344 e. The van der Waals surface area contributed by atoms with Crippen LogP contribution in [0.4, 0.5) is 0 Å². The van der Waals surface area contributed by atoms with Gasteiger partial charge in [-0.3, -0.25) is 14.4 Å². The van der Waals surface area contributed by atoms with E-state index in [0.717, 1.165) is 50.3 Å². The molecule has 0 bridgehead atoms. The van der Waals surface area contributed by atoms with Crippen molar-refractivity contribution in [1.29, 1.82) is 0 Å². The van der Waals surface area contributed by atoms with Gasteiger partial charge in [0.15, 0.2) is 0 Å². The molecule has 1 aromatic heterocycles. The molecule has 7 nitrogen and oxygen atoms in total. The number of carbonyl (C=O) groups excluding carboxylic acids is 2. The van der Waals surface area contributed by atoms with E-state index in [2.05, 4.69) is 14.9 Å². The Kier molecular flexibility index (Phi) is 3.86. The molecule has 24 heavy (non-hydrogen) atoms. The van der Waals surface area contributed by atoms with Crippen LogP contribution in [0.15, 0.2) is 10.9 Å². The fourth-order valence-corrected chi connectivity index (χ4v) is 4.19. The Bertz CT molecular complexity index is 742. The molecule has 2 amide bonds. The highest BCUT2D eigenvalue weighted by molar-refractivity contribution is 5.90. The molecule has 7 heteroatoms. The van der Waals surface area contributed by atoms with Crippen LogP contribution in [0.25, 0.3) is 0 Å². The van der Waals surface area contributed by atoms with Gasteiger partial charge in [-0.25, -0.2) is 0 Å². The maximum Gasteiger partial charge on any atom is 0.273 e. The highest BCUT2D eigenvalue weighted by Crippen LogP contribution is 2.29. The molecule has 0 saturated carbocycles. The average Bonchev–Trinajstić information content (AvgIpc) is 3.22. The maximum atomic E-state index is 12.7. The van der Waals surface area contributed by atoms with E-state index in [9.17, 15) is 14.4 Å². The van der Waals surface area contributed by atoms with Gasteiger partial charge in [-0.05, 0) is 25.7 Å². The van der Waals surface area contributed by atoms with Crippen molar-refractivity contribution in [2.24, 2.45) is 0 Å². The Hall–Kier alpha value is -2.18. The highest BCUT2D eigenvalue weighted by Gasteiger charge is 2.34. The lowest BCUT2D eigenvalue weighted by molar-refractivity contribution is -0.135. The standard InChI is InChI=1S/C17H22N4O3/c22-15-6-5-12(18-15)17(24)20-7-1-3-11(10-20)13-9-16(23)19-14-4-2-8-21(13)14/h9,11-12H,1-8,10H2,(H,18,22)/t11-,12+/m0/s1. The number of hydrogen-bond acceptors (Lipinski definition) is 4. The van der Waals surface area contributed by atoms with Crippen LogP contribution >= 0.6 is 0 Å². The molecule has 0 aliphatic carbocycles. The number of hydrogen-bond donors (Lipinski definition) is 1. The van der Waals surface area contributed by atoms with Gasteiger partial charge in [-0.2, -0.15) is 4.98 Å². The summed E-state index contributed by atoms with van der Waals surface area (Å²) in [5, 5.41) is 2.76. The molecule has 4 rings (SSSR count). The number of nitrogens with one attached hydrogen (secondary N) is 1. The third-order valence-corrected chi connectivity index (χ3v) is 5.36. The second-order valence-corrected chi connectivity index (χ2v) is 6.97. The second-order valence-electron chi connectivity index (χ2n) is 6.97. The minimum absolute atomic E-state index is 0.0172. The van der Waals surface area contributed by atoms with Gasteiger partial charge >= 0.3 is 0 Å². The van der Waals surface area contributed by atoms with Crippen LogP contribution in [0.3, 0.4) is 0 Å². The second kappa shape index (κ2) is 6.03. The van der Waals surface area contributed by atoms with Crippen LogP contribution in [0.5, 0.6) is 0 Å². The van der Waals surface area contributed by atoms with Crippen molar-refractivity contribution in [3.8, 4) is 0 Å². The molecule has 1 aromatic rings. The quantitative estimate of drug-likeness (QED) is 0.838. The molecular weight excluding hydrogens is 308 g/mol. The number of amides is 2. The zero-order valence-electron chi connectivity index (χ0n) is 13.7. The molecule has 0 spiro atoms. The molecular formula is C17H22N4O3. The summed E-state index contributed by atoms with van der Waals surface area (Å²) in [4.78, 5) is 41.9. The Balaban J connectivity index is 1.54. The lowest BCUT2D eigenvalue weighted by Gasteiger charge is -2.35. The van der Waals surface area contributed by atoms with E-state index in [1.807, 2.05) is 4.90 Å². The van der Waals surface area contributed by atoms with Crippen LogP contribution in [-0.4, -0.2) is 45.4 Å². The molecule has 4 heterocycles. The molecule has 2 saturated heterocycles. The number of aryl methyl sites for hydroxylation is 1. The SMILES string of the molecule is O=C1CC[C@H](C(=O)N2CCC[C@H](c3cc(=O)nc4n3CCC4)C2)N1. The predicted molar refractivity (Wildman–Crippen MR) is 86.5 cm³/mol. The Morgan fingerprint density at radius 2 is 2.04 bits per heavy atom. The molecule has 0 unspecified atom stereocenters. The van der Waals surface area contributed by atoms with Crippen LogP contribution in [0, 0.1) is 0 Å². The van der Waals surface area contributed by atoms with Gasteiger partial charge in [-0.1, -0.05) is 0 Å². The summed E-state index contributed by atoms with van der Waals surface area (Å²) < 4.78 is 2.16. The summed E-state index contributed by atoms with van der Waals surface area (Å²) >= 11 is 0. The average molecular weight is 330 g/mol. The van der Waals surface area contributed by atoms with Crippen molar-refractivity contribution in [2.45, 2.75) is 57.0 Å². The lowest BCUT2D eigenvalue weighted by atomic mass is 9.93. The Morgan fingerprint density at radius 3 is 2.83 bits per heavy atom. The number of piperidine rings is 1. The van der Waals surface area contributed by atoms with E-state index < -0.39 is 0 Å². The molecule has 2 atom stereocenters. The minimum atomic E-state index is -0.373. The Labute approximate surface area is 140 Å². The summed E-state index contributed by atoms with van der Waals surface area (Å²) in [7, 11) is 0. The number of fused-ring (bicyclic) bond motifs is 1. The number of aromatic nitrogens is 2. The van der Waals surface area contributed by atoms with Crippen molar-refractivity contribution < 1.29 is 9.59 Å². The molecule has 3 aliphatic heterocycles. The molecule has 2 fully saturated rings. The number of carbonyl (C=O) groups is 2. The van der Waals surface area contributed by atoms with Crippen molar-refractivity contribution in [1.82, 2.24) is 19.8 Å². The number of nitrogens with zero attached hydrogens (tertiary/aromatic N) is 3. The first-order valence-corrected chi connectivity index (χ1v) is 8.80. The summed E-state index contributed by atoms with van der Waals surface area (Å²) in [6.45, 7) is 2.25. The van der Waals surface area contributed by atoms with Gasteiger partial charge in [0.1, 0.15) is 11.9 Å². The van der Waals surface area contributed by atoms with E-state index in [0.29, 0.717) is 19.4 Å². The summed E-state index contributed by atoms with van der Waals surface area (Å²) in [6.07, 6.45) is 4.79. The fraction of sp³-hybridized carbons (Fsp3) is 0.647. The van der Waals surface area contributed by atoms with E-state index in [-0.39, 0.29) is 29.3 Å². The van der Waals surface area contributed by atoms with Gasteiger partial charge in [0, 0.05) is 50.2 Å². The monoisotopic (exact) mass is 330 g/mol. The smallest absolute Gasteiger partial charge is 0.273 e. The van der Waals surface area contributed by atoms with Crippen molar-refractivity contribution in [3.05, 3.63) is 27.9 Å².